The molecule has 11 nitrogen and oxygen atoms in total. The Morgan fingerprint density at radius 3 is 1.25 bits per heavy atom. The molecule has 0 amide bonds. The van der Waals surface area contributed by atoms with Crippen LogP contribution in [0.2, 0.25) is 0 Å². The normalized spacial score (nSPS) is 9.86. The number of ether oxygens (including phenoxy) is 4. The van der Waals surface area contributed by atoms with Crippen molar-refractivity contribution in [3.8, 4) is 23.0 Å². The number of non-ortho nitro benzene ring substituents is 1. The van der Waals surface area contributed by atoms with Gasteiger partial charge in [-0.25, -0.2) is 0 Å². The third kappa shape index (κ3) is 15.8. The van der Waals surface area contributed by atoms with Crippen LogP contribution in [0, 0.1) is 10.1 Å². The molecule has 0 radical (unpaired) electrons. The summed E-state index contributed by atoms with van der Waals surface area (Å²) in [5.41, 5.74) is 2.57. The fraction of sp³-hybridized carbons (Fsp3) is 0.243. The number of nitro benzene ring substituents is 1. The van der Waals surface area contributed by atoms with E-state index >= 15 is 0 Å². The molecule has 4 rings (SSSR count). The summed E-state index contributed by atoms with van der Waals surface area (Å²) >= 11 is 0. The number of alkyl halides is 3. The quantitative estimate of drug-likeness (QED) is 0.0835. The maximum Gasteiger partial charge on any atom is 0.416 e. The van der Waals surface area contributed by atoms with Crippen molar-refractivity contribution >= 4 is 30.8 Å². The van der Waals surface area contributed by atoms with Gasteiger partial charge in [0.2, 0.25) is 5.75 Å². The minimum Gasteiger partial charge on any atom is -0.497 e. The van der Waals surface area contributed by atoms with Gasteiger partial charge in [0, 0.05) is 37.8 Å². The largest absolute Gasteiger partial charge is 0.497 e. The monoisotopic (exact) mass is 713 g/mol. The van der Waals surface area contributed by atoms with Gasteiger partial charge in [-0.15, -0.1) is 0 Å². The third-order valence-corrected chi connectivity index (χ3v) is 6.59. The average Bonchev–Trinajstić information content (AvgIpc) is 3.13. The molecule has 0 aromatic heterocycles. The zero-order valence-electron chi connectivity index (χ0n) is 28.4. The first-order chi connectivity index (χ1) is 24.4. The van der Waals surface area contributed by atoms with Crippen molar-refractivity contribution in [2.24, 2.45) is 0 Å². The zero-order valence-corrected chi connectivity index (χ0v) is 28.4. The fourth-order valence-electron chi connectivity index (χ4n) is 3.98. The molecule has 0 saturated carbocycles. The predicted octanol–water partition coefficient (Wildman–Crippen LogP) is 6.67. The van der Waals surface area contributed by atoms with E-state index in [-0.39, 0.29) is 12.1 Å². The van der Waals surface area contributed by atoms with E-state index in [4.69, 9.17) is 18.9 Å². The number of hydrogen-bond acceptors (Lipinski definition) is 10. The maximum absolute atomic E-state index is 12.0. The van der Waals surface area contributed by atoms with Crippen LogP contribution in [0.5, 0.6) is 23.0 Å². The van der Waals surface area contributed by atoms with E-state index in [1.54, 1.807) is 52.7 Å². The Bertz CT molecular complexity index is 1630. The van der Waals surface area contributed by atoms with Gasteiger partial charge in [0.05, 0.1) is 38.9 Å². The van der Waals surface area contributed by atoms with Crippen LogP contribution in [0.25, 0.3) is 0 Å². The highest BCUT2D eigenvalue weighted by molar-refractivity contribution is 5.60. The van der Waals surface area contributed by atoms with Gasteiger partial charge >= 0.3 is 6.18 Å². The standard InChI is InChI=1S/C11H14O4.C9H7F3O.C9H10O2.C8H7NO3/c1-13-9-6-8(4-5-12)7-10(14-2)11(9)15-3;10-9(11,12)8-3-1-7(2-4-8)5-6-13;1-11-9-4-2-8(3-5-9)6-7-10;10-6-5-7-1-3-8(4-2-7)9(11)12/h5-7H,4H2,1-3H3;1-4,6H,5H2;2-5,7H,6H2,1H3;1-4,6H,5H2. The zero-order chi connectivity index (χ0) is 38.2. The number of rotatable bonds is 13. The lowest BCUT2D eigenvalue weighted by atomic mass is 10.1. The van der Waals surface area contributed by atoms with Gasteiger partial charge in [-0.2, -0.15) is 13.2 Å². The number of aldehydes is 4. The molecule has 0 bridgehead atoms. The van der Waals surface area contributed by atoms with Crippen LogP contribution in [0.1, 0.15) is 27.8 Å². The molecule has 0 N–H and O–H groups in total. The molecular weight excluding hydrogens is 675 g/mol. The molecule has 51 heavy (non-hydrogen) atoms. The molecule has 0 unspecified atom stereocenters. The molecule has 272 valence electrons. The summed E-state index contributed by atoms with van der Waals surface area (Å²) in [5.74, 6) is 2.48. The van der Waals surface area contributed by atoms with Crippen LogP contribution in [-0.4, -0.2) is 58.5 Å². The SMILES string of the molecule is COc1cc(CC=O)cc(OC)c1OC.COc1ccc(CC=O)cc1.O=CCc1ccc(C(F)(F)F)cc1.O=CCc1ccc([N+](=O)[O-])cc1. The van der Waals surface area contributed by atoms with E-state index in [1.807, 2.05) is 24.3 Å². The van der Waals surface area contributed by atoms with Crippen LogP contribution in [0.3, 0.4) is 0 Å². The smallest absolute Gasteiger partial charge is 0.416 e. The lowest BCUT2D eigenvalue weighted by Crippen LogP contribution is -2.04. The van der Waals surface area contributed by atoms with Crippen molar-refractivity contribution in [2.75, 3.05) is 28.4 Å². The molecule has 0 aliphatic carbocycles. The molecular formula is C37H38F3NO10. The molecule has 0 fully saturated rings. The van der Waals surface area contributed by atoms with Crippen LogP contribution in [0.15, 0.2) is 84.9 Å². The Morgan fingerprint density at radius 2 is 0.941 bits per heavy atom. The highest BCUT2D eigenvalue weighted by Crippen LogP contribution is 2.38. The van der Waals surface area contributed by atoms with E-state index in [9.17, 15) is 42.5 Å². The minimum atomic E-state index is -4.31. The Balaban J connectivity index is 0.000000342. The van der Waals surface area contributed by atoms with E-state index in [1.165, 1.54) is 24.3 Å². The van der Waals surface area contributed by atoms with Crippen LogP contribution >= 0.6 is 0 Å². The predicted molar refractivity (Wildman–Crippen MR) is 183 cm³/mol. The lowest BCUT2D eigenvalue weighted by Gasteiger charge is -2.13. The van der Waals surface area contributed by atoms with Gasteiger partial charge in [-0.3, -0.25) is 10.1 Å². The van der Waals surface area contributed by atoms with E-state index in [0.717, 1.165) is 53.4 Å². The second-order valence-corrected chi connectivity index (χ2v) is 9.98. The number of methoxy groups -OCH3 is 4. The van der Waals surface area contributed by atoms with Crippen LogP contribution in [0.4, 0.5) is 18.9 Å². The van der Waals surface area contributed by atoms with E-state index < -0.39 is 16.7 Å². The number of hydrogen-bond donors (Lipinski definition) is 0. The molecule has 0 spiro atoms. The van der Waals surface area contributed by atoms with Crippen LogP contribution in [-0.2, 0) is 51.0 Å². The molecule has 0 aliphatic heterocycles. The third-order valence-electron chi connectivity index (χ3n) is 6.59. The molecule has 4 aromatic rings. The number of halogens is 3. The van der Waals surface area contributed by atoms with Gasteiger partial charge < -0.3 is 38.1 Å². The molecule has 4 aromatic carbocycles. The summed E-state index contributed by atoms with van der Waals surface area (Å²) in [6.07, 6.45) is 0.100. The fourth-order valence-corrected chi connectivity index (χ4v) is 3.98. The Morgan fingerprint density at radius 1 is 0.569 bits per heavy atom. The maximum atomic E-state index is 12.0. The van der Waals surface area contributed by atoms with Gasteiger partial charge in [0.25, 0.3) is 5.69 Å². The number of carbonyl (C=O) groups excluding carboxylic acids is 4. The van der Waals surface area contributed by atoms with Crippen molar-refractivity contribution in [3.05, 3.63) is 123 Å². The molecule has 0 atom stereocenters. The second-order valence-electron chi connectivity index (χ2n) is 9.98. The Labute approximate surface area is 293 Å². The van der Waals surface area contributed by atoms with Crippen molar-refractivity contribution in [1.29, 1.82) is 0 Å². The highest BCUT2D eigenvalue weighted by atomic mass is 19.4. The number of nitro groups is 1. The minimum absolute atomic E-state index is 0.0460. The average molecular weight is 714 g/mol. The number of nitrogens with zero attached hydrogens (tertiary/aromatic N) is 1. The molecule has 0 aliphatic rings. The van der Waals surface area contributed by atoms with Crippen molar-refractivity contribution in [3.63, 3.8) is 0 Å². The van der Waals surface area contributed by atoms with Crippen molar-refractivity contribution in [1.82, 2.24) is 0 Å². The molecule has 14 heteroatoms. The number of carbonyl (C=O) groups is 4. The van der Waals surface area contributed by atoms with E-state index in [0.29, 0.717) is 48.4 Å². The first kappa shape index (κ1) is 43.0. The van der Waals surface area contributed by atoms with Crippen LogP contribution < -0.4 is 18.9 Å². The topological polar surface area (TPSA) is 148 Å². The van der Waals surface area contributed by atoms with Crippen molar-refractivity contribution in [2.45, 2.75) is 31.9 Å². The Hall–Kier alpha value is -6.05. The molecule has 0 saturated heterocycles. The number of benzene rings is 4. The van der Waals surface area contributed by atoms with Gasteiger partial charge in [0.15, 0.2) is 11.5 Å². The van der Waals surface area contributed by atoms with Gasteiger partial charge in [-0.05, 0) is 58.7 Å². The summed E-state index contributed by atoms with van der Waals surface area (Å²) in [4.78, 5) is 50.3. The Kier molecular flexibility index (Phi) is 19.7. The highest BCUT2D eigenvalue weighted by Gasteiger charge is 2.29. The summed E-state index contributed by atoms with van der Waals surface area (Å²) < 4.78 is 56.5. The van der Waals surface area contributed by atoms with Gasteiger partial charge in [-0.1, -0.05) is 36.4 Å². The van der Waals surface area contributed by atoms with E-state index in [2.05, 4.69) is 0 Å². The summed E-state index contributed by atoms with van der Waals surface area (Å²) in [6, 6.07) is 21.5. The first-order valence-electron chi connectivity index (χ1n) is 15.0. The van der Waals surface area contributed by atoms with Gasteiger partial charge in [0.1, 0.15) is 30.9 Å². The molecule has 0 heterocycles. The lowest BCUT2D eigenvalue weighted by molar-refractivity contribution is -0.384. The summed E-state index contributed by atoms with van der Waals surface area (Å²) in [7, 11) is 6.25. The second kappa shape index (κ2) is 23.3. The first-order valence-corrected chi connectivity index (χ1v) is 15.0. The summed E-state index contributed by atoms with van der Waals surface area (Å²) in [5, 5.41) is 10.2. The van der Waals surface area contributed by atoms with Crippen molar-refractivity contribution < 1.29 is 56.2 Å². The summed E-state index contributed by atoms with van der Waals surface area (Å²) in [6.45, 7) is 0.